The Morgan fingerprint density at radius 3 is 2.40 bits per heavy atom. The molecule has 4 aliphatic rings. The number of carbonyl (C=O) groups excluding carboxylic acids is 4. The quantitative estimate of drug-likeness (QED) is 0.0584. The molecule has 5 aromatic rings. The third-order valence-corrected chi connectivity index (χ3v) is 15.9. The van der Waals surface area contributed by atoms with Crippen molar-refractivity contribution in [2.45, 2.75) is 77.3 Å². The average Bonchev–Trinajstić information content (AvgIpc) is 4.08. The number of halogens is 2. The number of aryl methyl sites for hydroxylation is 3. The number of nitrogens with one attached hydrogen (secondary N) is 5. The number of benzene rings is 2. The SMILES string of the molecule is CN/C=C(\CN)c1cc2c(cc1C(F)F)N(c1nn(C3CCN(C(=O)CCOCCNC(=O)C4CCN(c5ncc(C)c(Nc6cc(OC)c7c(c6)cc(OCC(=O)NC)c(=O)n7C)n5)CC4)CC3)c3c1CN(C(=O)NC)CC3)CCC2. The molecule has 2 aromatic carbocycles. The van der Waals surface area contributed by atoms with Gasteiger partial charge in [-0.2, -0.15) is 10.1 Å². The molecule has 440 valence electrons. The predicted octanol–water partition coefficient (Wildman–Crippen LogP) is 4.55. The zero-order valence-corrected chi connectivity index (χ0v) is 47.5. The van der Waals surface area contributed by atoms with Gasteiger partial charge in [0.25, 0.3) is 17.9 Å². The molecule has 0 spiro atoms. The maximum Gasteiger partial charge on any atom is 0.317 e. The van der Waals surface area contributed by atoms with Gasteiger partial charge in [-0.05, 0) is 86.4 Å². The Labute approximate surface area is 474 Å². The van der Waals surface area contributed by atoms with Crippen LogP contribution in [0.1, 0.15) is 84.5 Å². The molecule has 0 aliphatic carbocycles. The molecule has 23 nitrogen and oxygen atoms in total. The van der Waals surface area contributed by atoms with Crippen molar-refractivity contribution in [3.63, 3.8) is 0 Å². The second kappa shape index (κ2) is 26.2. The fourth-order valence-corrected chi connectivity index (χ4v) is 11.5. The van der Waals surface area contributed by atoms with Crippen molar-refractivity contribution < 1.29 is 42.2 Å². The molecule has 3 aromatic heterocycles. The van der Waals surface area contributed by atoms with Gasteiger partial charge in [-0.25, -0.2) is 18.6 Å². The van der Waals surface area contributed by atoms with Crippen LogP contribution in [-0.2, 0) is 45.6 Å². The van der Waals surface area contributed by atoms with E-state index in [0.29, 0.717) is 148 Å². The number of alkyl halides is 2. The lowest BCUT2D eigenvalue weighted by molar-refractivity contribution is -0.134. The summed E-state index contributed by atoms with van der Waals surface area (Å²) in [5.41, 5.74) is 12.1. The highest BCUT2D eigenvalue weighted by Crippen LogP contribution is 2.43. The van der Waals surface area contributed by atoms with Gasteiger partial charge >= 0.3 is 6.03 Å². The highest BCUT2D eigenvalue weighted by atomic mass is 19.3. The number of anilines is 5. The van der Waals surface area contributed by atoms with Crippen molar-refractivity contribution in [3.05, 3.63) is 86.6 Å². The largest absolute Gasteiger partial charge is 0.494 e. The summed E-state index contributed by atoms with van der Waals surface area (Å²) >= 11 is 0. The standard InChI is InChI=1S/C57H75F2N15O8/c1-34-30-65-56(67-52(34)66-39-24-37-26-47(82-33-48(75)62-3)55(78)69(5)50(37)46(27-39)80-6)71-17-9-35(10-18-71)54(77)64-15-23-81-22-14-49(76)70-19-11-40(12-20-70)74-44-13-21-72(57(79)63-4)32-43(44)53(68-74)73-16-7-8-36-25-41(38(29-60)31-61-2)42(51(58)59)28-45(36)73/h24-28,30-31,35,40,51,61H,7-23,29,32-33,60H2,1-6H3,(H,62,75)(H,63,79)(H,64,77)(H,65,66,67)/b38-31+. The molecule has 7 N–H and O–H groups in total. The van der Waals surface area contributed by atoms with E-state index in [-0.39, 0.29) is 79.8 Å². The number of ether oxygens (including phenoxy) is 3. The molecule has 7 heterocycles. The van der Waals surface area contributed by atoms with E-state index in [1.807, 2.05) is 28.9 Å². The van der Waals surface area contributed by atoms with E-state index in [2.05, 4.69) is 41.1 Å². The normalized spacial score (nSPS) is 16.0. The number of likely N-dealkylation sites (tertiary alicyclic amines) is 1. The number of methoxy groups -OCH3 is 1. The van der Waals surface area contributed by atoms with E-state index in [9.17, 15) is 32.8 Å². The first kappa shape index (κ1) is 58.6. The molecule has 82 heavy (non-hydrogen) atoms. The van der Waals surface area contributed by atoms with Crippen LogP contribution in [0.5, 0.6) is 11.5 Å². The van der Waals surface area contributed by atoms with Crippen LogP contribution in [0, 0.1) is 12.8 Å². The molecule has 25 heteroatoms. The topological polar surface area (TPSA) is 261 Å². The number of fused-ring (bicyclic) bond motifs is 3. The number of hydrogen-bond donors (Lipinski definition) is 6. The van der Waals surface area contributed by atoms with Crippen LogP contribution in [0.2, 0.25) is 0 Å². The Kier molecular flexibility index (Phi) is 18.7. The minimum atomic E-state index is -2.73. The van der Waals surface area contributed by atoms with E-state index >= 15 is 0 Å². The van der Waals surface area contributed by atoms with Gasteiger partial charge in [0.2, 0.25) is 17.8 Å². The molecule has 2 saturated heterocycles. The number of hydrogen-bond acceptors (Lipinski definition) is 16. The number of likely N-dealkylation sites (N-methyl/N-ethyl adjacent to an activating group) is 1. The van der Waals surface area contributed by atoms with Crippen molar-refractivity contribution >= 4 is 69.2 Å². The molecule has 0 unspecified atom stereocenters. The molecule has 0 bridgehead atoms. The molecule has 2 fully saturated rings. The maximum atomic E-state index is 14.8. The number of amides is 5. The number of aromatic nitrogens is 5. The maximum absolute atomic E-state index is 14.8. The van der Waals surface area contributed by atoms with Crippen molar-refractivity contribution in [2.75, 3.05) is 116 Å². The van der Waals surface area contributed by atoms with Crippen molar-refractivity contribution in [3.8, 4) is 11.5 Å². The van der Waals surface area contributed by atoms with Crippen LogP contribution >= 0.6 is 0 Å². The molecular weight excluding hydrogens is 1060 g/mol. The number of nitrogens with two attached hydrogens (primary N) is 1. The zero-order valence-electron chi connectivity index (χ0n) is 47.5. The summed E-state index contributed by atoms with van der Waals surface area (Å²) in [4.78, 5) is 81.7. The van der Waals surface area contributed by atoms with Crippen LogP contribution < -0.4 is 57.2 Å². The first-order valence-electron chi connectivity index (χ1n) is 28.0. The van der Waals surface area contributed by atoms with Gasteiger partial charge in [-0.3, -0.25) is 23.9 Å². The fourth-order valence-electron chi connectivity index (χ4n) is 11.5. The van der Waals surface area contributed by atoms with E-state index in [1.54, 1.807) is 56.6 Å². The van der Waals surface area contributed by atoms with Crippen molar-refractivity contribution in [1.82, 2.24) is 55.4 Å². The number of nitrogens with zero attached hydrogens (tertiary/aromatic N) is 9. The third-order valence-electron chi connectivity index (χ3n) is 15.9. The first-order chi connectivity index (χ1) is 39.6. The van der Waals surface area contributed by atoms with Gasteiger partial charge in [-0.15, -0.1) is 0 Å². The second-order valence-corrected chi connectivity index (χ2v) is 21.0. The smallest absolute Gasteiger partial charge is 0.317 e. The van der Waals surface area contributed by atoms with Gasteiger partial charge < -0.3 is 70.7 Å². The van der Waals surface area contributed by atoms with E-state index < -0.39 is 12.0 Å². The molecule has 0 saturated carbocycles. The summed E-state index contributed by atoms with van der Waals surface area (Å²) in [7, 11) is 7.94. The minimum Gasteiger partial charge on any atom is -0.494 e. The minimum absolute atomic E-state index is 0.00617. The van der Waals surface area contributed by atoms with Crippen LogP contribution in [0.15, 0.2) is 47.5 Å². The molecule has 9 rings (SSSR count). The van der Waals surface area contributed by atoms with Gasteiger partial charge in [0.05, 0.1) is 44.8 Å². The number of piperidine rings is 2. The number of pyridine rings is 1. The Morgan fingerprint density at radius 2 is 1.70 bits per heavy atom. The third kappa shape index (κ3) is 12.7. The van der Waals surface area contributed by atoms with Crippen LogP contribution in [0.3, 0.4) is 0 Å². The number of urea groups is 1. The molecule has 0 atom stereocenters. The predicted molar refractivity (Wildman–Crippen MR) is 307 cm³/mol. The highest BCUT2D eigenvalue weighted by Gasteiger charge is 2.36. The lowest BCUT2D eigenvalue weighted by atomic mass is 9.91. The first-order valence-corrected chi connectivity index (χ1v) is 28.0. The summed E-state index contributed by atoms with van der Waals surface area (Å²) in [6.07, 6.45) is 5.51. The Morgan fingerprint density at radius 1 is 0.915 bits per heavy atom. The Bertz CT molecular complexity index is 3260. The highest BCUT2D eigenvalue weighted by molar-refractivity contribution is 5.91. The Hall–Kier alpha value is -8.06. The van der Waals surface area contributed by atoms with Gasteiger partial charge in [-0.1, -0.05) is 0 Å². The average molecular weight is 1140 g/mol. The van der Waals surface area contributed by atoms with Gasteiger partial charge in [0.15, 0.2) is 18.2 Å². The molecular formula is C57H75F2N15O8. The summed E-state index contributed by atoms with van der Waals surface area (Å²) in [6, 6.07) is 8.43. The summed E-state index contributed by atoms with van der Waals surface area (Å²) in [6.45, 7) is 6.09. The number of rotatable bonds is 20. The van der Waals surface area contributed by atoms with Crippen LogP contribution in [0.25, 0.3) is 16.5 Å². The van der Waals surface area contributed by atoms with Crippen LogP contribution in [-0.4, -0.2) is 158 Å². The van der Waals surface area contributed by atoms with E-state index in [0.717, 1.165) is 28.8 Å². The van der Waals surface area contributed by atoms with E-state index in [4.69, 9.17) is 30.0 Å². The lowest BCUT2D eigenvalue weighted by Crippen LogP contribution is -2.42. The lowest BCUT2D eigenvalue weighted by Gasteiger charge is -2.34. The summed E-state index contributed by atoms with van der Waals surface area (Å²) in [5.74, 6) is 1.61. The van der Waals surface area contributed by atoms with Crippen molar-refractivity contribution in [2.24, 2.45) is 18.7 Å². The second-order valence-electron chi connectivity index (χ2n) is 21.0. The van der Waals surface area contributed by atoms with E-state index in [1.165, 1.54) is 18.7 Å². The van der Waals surface area contributed by atoms with Crippen LogP contribution in [0.4, 0.5) is 42.5 Å². The van der Waals surface area contributed by atoms with Crippen molar-refractivity contribution in [1.29, 1.82) is 0 Å². The molecule has 0 radical (unpaired) electrons. The fraction of sp³-hybridized carbons (Fsp3) is 0.509. The molecule has 4 aliphatic heterocycles. The summed E-state index contributed by atoms with van der Waals surface area (Å²) < 4.78 is 50.1. The molecule has 5 amide bonds. The number of carbonyl (C=O) groups is 4. The van der Waals surface area contributed by atoms with Gasteiger partial charge in [0.1, 0.15) is 11.6 Å². The zero-order chi connectivity index (χ0) is 58.2. The van der Waals surface area contributed by atoms with Gasteiger partial charge in [0, 0.05) is 150 Å². The summed E-state index contributed by atoms with van der Waals surface area (Å²) in [5, 5.41) is 20.4. The monoisotopic (exact) mass is 1140 g/mol. The Balaban J connectivity index is 0.741.